The first-order chi connectivity index (χ1) is 18.3. The van der Waals surface area contributed by atoms with Gasteiger partial charge in [-0.15, -0.1) is 0 Å². The van der Waals surface area contributed by atoms with Crippen molar-refractivity contribution in [1.29, 1.82) is 0 Å². The van der Waals surface area contributed by atoms with Crippen LogP contribution in [0.2, 0.25) is 10.0 Å². The lowest BCUT2D eigenvalue weighted by atomic mass is 9.94. The Balaban J connectivity index is 1.61. The Hall–Kier alpha value is -2.46. The van der Waals surface area contributed by atoms with Crippen molar-refractivity contribution in [3.05, 3.63) is 87.9 Å². The van der Waals surface area contributed by atoms with E-state index in [9.17, 15) is 18.3 Å². The number of aliphatic hydroxyl groups is 1. The maximum Gasteiger partial charge on any atom is 0.303 e. The van der Waals surface area contributed by atoms with Gasteiger partial charge in [-0.3, -0.25) is 4.79 Å². The molecule has 0 amide bonds. The lowest BCUT2D eigenvalue weighted by Gasteiger charge is -2.29. The summed E-state index contributed by atoms with van der Waals surface area (Å²) in [5.41, 5.74) is 3.05. The van der Waals surface area contributed by atoms with E-state index in [-0.39, 0.29) is 29.9 Å². The van der Waals surface area contributed by atoms with Crippen LogP contribution in [0.5, 0.6) is 0 Å². The normalized spacial score (nSPS) is 13.0. The van der Waals surface area contributed by atoms with Crippen LogP contribution in [0, 0.1) is 0 Å². The van der Waals surface area contributed by atoms with Crippen LogP contribution in [0.3, 0.4) is 0 Å². The molecule has 3 aromatic rings. The molecule has 0 aliphatic rings. The number of halogens is 2. The van der Waals surface area contributed by atoms with Gasteiger partial charge in [-0.1, -0.05) is 65.7 Å². The van der Waals surface area contributed by atoms with Gasteiger partial charge in [-0.25, -0.2) is 8.42 Å². The van der Waals surface area contributed by atoms with Gasteiger partial charge in [-0.05, 0) is 73.2 Å². The van der Waals surface area contributed by atoms with Crippen LogP contribution in [0.15, 0.2) is 71.6 Å². The molecule has 39 heavy (non-hydrogen) atoms. The molecule has 3 N–H and O–H groups in total. The van der Waals surface area contributed by atoms with E-state index in [0.29, 0.717) is 22.9 Å². The van der Waals surface area contributed by atoms with Crippen molar-refractivity contribution in [3.63, 3.8) is 0 Å². The van der Waals surface area contributed by atoms with Crippen LogP contribution in [-0.2, 0) is 27.7 Å². The quantitative estimate of drug-likeness (QED) is 0.249. The smallest absolute Gasteiger partial charge is 0.303 e. The van der Waals surface area contributed by atoms with Gasteiger partial charge in [-0.2, -0.15) is 4.31 Å². The van der Waals surface area contributed by atoms with Crippen molar-refractivity contribution in [2.75, 3.05) is 20.1 Å². The van der Waals surface area contributed by atoms with Gasteiger partial charge in [0.25, 0.3) is 0 Å². The molecule has 3 aromatic carbocycles. The lowest BCUT2D eigenvalue weighted by Crippen LogP contribution is -2.47. The summed E-state index contributed by atoms with van der Waals surface area (Å²) in [4.78, 5) is 10.9. The summed E-state index contributed by atoms with van der Waals surface area (Å²) in [6.45, 7) is 4.10. The predicted molar refractivity (Wildman–Crippen MR) is 156 cm³/mol. The molecule has 0 radical (unpaired) electrons. The van der Waals surface area contributed by atoms with Gasteiger partial charge in [0.2, 0.25) is 10.0 Å². The zero-order chi connectivity index (χ0) is 28.8. The summed E-state index contributed by atoms with van der Waals surface area (Å²) in [6, 6.07) is 19.5. The Labute approximate surface area is 240 Å². The molecule has 7 nitrogen and oxygen atoms in total. The average Bonchev–Trinajstić information content (AvgIpc) is 2.88. The van der Waals surface area contributed by atoms with Gasteiger partial charge in [0.05, 0.1) is 21.0 Å². The standard InChI is InChI=1S/C29H34Cl2N2O5S/c1-29(2,17-21-9-13-26(30)27(31)15-21)32-18-24(34)19-33(3)39(37,38)25-6-4-5-23(16-25)22-11-7-20(8-12-22)10-14-28(35)36/h4-9,11-13,15-16,24,32,34H,10,14,17-19H2,1-3H3,(H,35,36)/t24-/m1/s1. The van der Waals surface area contributed by atoms with Crippen LogP contribution < -0.4 is 5.32 Å². The highest BCUT2D eigenvalue weighted by atomic mass is 35.5. The number of aliphatic hydroxyl groups excluding tert-OH is 1. The number of β-amino-alcohol motifs (C(OH)–C–C–N with tert-alkyl or cyclic N) is 1. The number of likely N-dealkylation sites (N-methyl/N-ethyl adjacent to an activating group) is 1. The third kappa shape index (κ3) is 9.03. The topological polar surface area (TPSA) is 107 Å². The van der Waals surface area contributed by atoms with Gasteiger partial charge in [0, 0.05) is 32.1 Å². The van der Waals surface area contributed by atoms with E-state index in [2.05, 4.69) is 5.32 Å². The summed E-state index contributed by atoms with van der Waals surface area (Å²) >= 11 is 12.1. The van der Waals surface area contributed by atoms with Gasteiger partial charge < -0.3 is 15.5 Å². The molecule has 0 aromatic heterocycles. The molecule has 10 heteroatoms. The average molecular weight is 594 g/mol. The number of nitrogens with zero attached hydrogens (tertiary/aromatic N) is 1. The molecule has 3 rings (SSSR count). The second-order valence-electron chi connectivity index (χ2n) is 10.2. The van der Waals surface area contributed by atoms with Crippen molar-refractivity contribution < 1.29 is 23.4 Å². The molecule has 0 aliphatic heterocycles. The number of carboxylic acids is 1. The van der Waals surface area contributed by atoms with Crippen LogP contribution in [0.1, 0.15) is 31.4 Å². The monoisotopic (exact) mass is 592 g/mol. The first-order valence-electron chi connectivity index (χ1n) is 12.5. The number of carboxylic acid groups (broad SMARTS) is 1. The van der Waals surface area contributed by atoms with Gasteiger partial charge in [0.1, 0.15) is 0 Å². The van der Waals surface area contributed by atoms with E-state index >= 15 is 0 Å². The number of rotatable bonds is 13. The molecule has 0 heterocycles. The largest absolute Gasteiger partial charge is 0.481 e. The highest BCUT2D eigenvalue weighted by molar-refractivity contribution is 7.89. The third-order valence-electron chi connectivity index (χ3n) is 6.37. The Morgan fingerprint density at radius 1 is 0.974 bits per heavy atom. The molecule has 0 unspecified atom stereocenters. The van der Waals surface area contributed by atoms with Gasteiger partial charge in [0.15, 0.2) is 0 Å². The molecule has 0 saturated heterocycles. The van der Waals surface area contributed by atoms with Crippen molar-refractivity contribution in [3.8, 4) is 11.1 Å². The minimum absolute atomic E-state index is 0.0511. The SMILES string of the molecule is CN(C[C@H](O)CNC(C)(C)Cc1ccc(Cl)c(Cl)c1)S(=O)(=O)c1cccc(-c2ccc(CCC(=O)O)cc2)c1. The molecular formula is C29H34Cl2N2O5S. The van der Waals surface area contributed by atoms with Crippen molar-refractivity contribution >= 4 is 39.2 Å². The van der Waals surface area contributed by atoms with Crippen LogP contribution in [0.25, 0.3) is 11.1 Å². The maximum atomic E-state index is 13.3. The Morgan fingerprint density at radius 2 is 1.64 bits per heavy atom. The Bertz CT molecular complexity index is 1400. The second kappa shape index (κ2) is 13.3. The molecule has 0 spiro atoms. The first-order valence-corrected chi connectivity index (χ1v) is 14.7. The lowest BCUT2D eigenvalue weighted by molar-refractivity contribution is -0.136. The third-order valence-corrected chi connectivity index (χ3v) is 8.93. The zero-order valence-corrected chi connectivity index (χ0v) is 24.5. The fourth-order valence-corrected chi connectivity index (χ4v) is 5.78. The summed E-state index contributed by atoms with van der Waals surface area (Å²) in [5, 5.41) is 23.8. The fourth-order valence-electron chi connectivity index (χ4n) is 4.21. The highest BCUT2D eigenvalue weighted by Crippen LogP contribution is 2.26. The number of aryl methyl sites for hydroxylation is 1. The summed E-state index contributed by atoms with van der Waals surface area (Å²) in [5.74, 6) is -0.853. The number of nitrogens with one attached hydrogen (secondary N) is 1. The van der Waals surface area contributed by atoms with E-state index in [0.717, 1.165) is 26.6 Å². The summed E-state index contributed by atoms with van der Waals surface area (Å²) in [6.07, 6.45) is 0.186. The molecule has 0 fully saturated rings. The number of sulfonamides is 1. The van der Waals surface area contributed by atoms with E-state index in [1.54, 1.807) is 18.2 Å². The van der Waals surface area contributed by atoms with Crippen molar-refractivity contribution in [2.45, 2.75) is 49.6 Å². The summed E-state index contributed by atoms with van der Waals surface area (Å²) in [7, 11) is -2.40. The zero-order valence-electron chi connectivity index (χ0n) is 22.2. The molecule has 210 valence electrons. The van der Waals surface area contributed by atoms with E-state index in [1.807, 2.05) is 56.3 Å². The number of benzene rings is 3. The molecule has 0 aliphatic carbocycles. The highest BCUT2D eigenvalue weighted by Gasteiger charge is 2.25. The molecule has 0 bridgehead atoms. The number of aliphatic carboxylic acids is 1. The minimum Gasteiger partial charge on any atom is -0.481 e. The number of hydrogen-bond acceptors (Lipinski definition) is 5. The minimum atomic E-state index is -3.85. The van der Waals surface area contributed by atoms with Crippen molar-refractivity contribution in [1.82, 2.24) is 9.62 Å². The molecular weight excluding hydrogens is 559 g/mol. The molecule has 1 atom stereocenters. The summed E-state index contributed by atoms with van der Waals surface area (Å²) < 4.78 is 27.7. The Morgan fingerprint density at radius 3 is 2.28 bits per heavy atom. The van der Waals surface area contributed by atoms with Crippen LogP contribution in [-0.4, -0.2) is 60.7 Å². The predicted octanol–water partition coefficient (Wildman–Crippen LogP) is 5.27. The fraction of sp³-hybridized carbons (Fsp3) is 0.345. The van der Waals surface area contributed by atoms with Gasteiger partial charge >= 0.3 is 5.97 Å². The van der Waals surface area contributed by atoms with E-state index in [1.165, 1.54) is 13.1 Å². The van der Waals surface area contributed by atoms with E-state index in [4.69, 9.17) is 28.3 Å². The number of carbonyl (C=O) groups is 1. The van der Waals surface area contributed by atoms with Crippen molar-refractivity contribution in [2.24, 2.45) is 0 Å². The Kier molecular flexibility index (Phi) is 10.6. The van der Waals surface area contributed by atoms with Crippen LogP contribution in [0.4, 0.5) is 0 Å². The maximum absolute atomic E-state index is 13.3. The second-order valence-corrected chi connectivity index (χ2v) is 13.1. The molecule has 0 saturated carbocycles. The first kappa shape index (κ1) is 31.1. The van der Waals surface area contributed by atoms with Crippen LogP contribution >= 0.6 is 23.2 Å². The number of hydrogen-bond donors (Lipinski definition) is 3. The van der Waals surface area contributed by atoms with E-state index < -0.39 is 22.1 Å².